The SMILES string of the molecule is CCC1=COCC1.CCc1ccno1. The third-order valence-corrected chi connectivity index (χ3v) is 2.08. The molecule has 78 valence electrons. The third-order valence-electron chi connectivity index (χ3n) is 2.08. The highest BCUT2D eigenvalue weighted by atomic mass is 16.5. The van der Waals surface area contributed by atoms with Crippen LogP contribution in [0, 0.1) is 0 Å². The van der Waals surface area contributed by atoms with Crippen molar-refractivity contribution in [2.24, 2.45) is 0 Å². The smallest absolute Gasteiger partial charge is 0.136 e. The summed E-state index contributed by atoms with van der Waals surface area (Å²) in [7, 11) is 0. The van der Waals surface area contributed by atoms with E-state index in [9.17, 15) is 0 Å². The zero-order valence-electron chi connectivity index (χ0n) is 8.82. The predicted octanol–water partition coefficient (Wildman–Crippen LogP) is 2.94. The van der Waals surface area contributed by atoms with Crippen molar-refractivity contribution in [1.29, 1.82) is 0 Å². The summed E-state index contributed by atoms with van der Waals surface area (Å²) in [4.78, 5) is 0. The highest BCUT2D eigenvalue weighted by molar-refractivity contribution is 5.00. The highest BCUT2D eigenvalue weighted by Crippen LogP contribution is 2.12. The highest BCUT2D eigenvalue weighted by Gasteiger charge is 2.00. The van der Waals surface area contributed by atoms with Crippen molar-refractivity contribution in [3.8, 4) is 0 Å². The van der Waals surface area contributed by atoms with E-state index in [0.29, 0.717) is 0 Å². The molecule has 1 aliphatic heterocycles. The van der Waals surface area contributed by atoms with Crippen LogP contribution in [-0.2, 0) is 11.2 Å². The topological polar surface area (TPSA) is 35.3 Å². The van der Waals surface area contributed by atoms with Crippen molar-refractivity contribution in [1.82, 2.24) is 5.16 Å². The molecule has 0 aromatic carbocycles. The van der Waals surface area contributed by atoms with Gasteiger partial charge in [-0.2, -0.15) is 0 Å². The number of nitrogens with zero attached hydrogens (tertiary/aromatic N) is 1. The number of hydrogen-bond acceptors (Lipinski definition) is 3. The summed E-state index contributed by atoms with van der Waals surface area (Å²) in [5, 5.41) is 3.52. The zero-order valence-corrected chi connectivity index (χ0v) is 8.82. The second-order valence-corrected chi connectivity index (χ2v) is 3.08. The van der Waals surface area contributed by atoms with Gasteiger partial charge in [0, 0.05) is 18.9 Å². The molecular formula is C11H17NO2. The van der Waals surface area contributed by atoms with Gasteiger partial charge in [-0.15, -0.1) is 0 Å². The number of rotatable bonds is 2. The van der Waals surface area contributed by atoms with Crippen LogP contribution >= 0.6 is 0 Å². The molecule has 0 aliphatic carbocycles. The van der Waals surface area contributed by atoms with E-state index in [4.69, 9.17) is 9.26 Å². The standard InChI is InChI=1S/C6H10O.C5H7NO/c1-2-6-3-4-7-5-6;1-2-5-3-4-6-7-5/h5H,2-4H2,1H3;3-4H,2H2,1H3. The summed E-state index contributed by atoms with van der Waals surface area (Å²) in [6, 6.07) is 1.86. The van der Waals surface area contributed by atoms with E-state index in [2.05, 4.69) is 12.1 Å². The molecule has 0 N–H and O–H groups in total. The number of hydrogen-bond donors (Lipinski definition) is 0. The molecule has 3 nitrogen and oxygen atoms in total. The first-order valence-corrected chi connectivity index (χ1v) is 5.05. The largest absolute Gasteiger partial charge is 0.501 e. The molecule has 0 amide bonds. The summed E-state index contributed by atoms with van der Waals surface area (Å²) in [5.74, 6) is 0.944. The molecule has 0 atom stereocenters. The number of aryl methyl sites for hydroxylation is 1. The van der Waals surface area contributed by atoms with Crippen molar-refractivity contribution in [3.05, 3.63) is 29.9 Å². The maximum absolute atomic E-state index is 4.99. The second kappa shape index (κ2) is 6.24. The van der Waals surface area contributed by atoms with Crippen LogP contribution in [0.5, 0.6) is 0 Å². The van der Waals surface area contributed by atoms with Gasteiger partial charge in [-0.1, -0.05) is 19.0 Å². The number of aromatic nitrogens is 1. The lowest BCUT2D eigenvalue weighted by Crippen LogP contribution is -1.75. The van der Waals surface area contributed by atoms with Gasteiger partial charge in [0.05, 0.1) is 19.1 Å². The molecule has 0 saturated heterocycles. The molecule has 0 bridgehead atoms. The van der Waals surface area contributed by atoms with Crippen LogP contribution in [-0.4, -0.2) is 11.8 Å². The van der Waals surface area contributed by atoms with E-state index in [1.165, 1.54) is 5.57 Å². The van der Waals surface area contributed by atoms with Crippen molar-refractivity contribution in [2.45, 2.75) is 33.1 Å². The molecule has 14 heavy (non-hydrogen) atoms. The minimum atomic E-state index is 0.906. The lowest BCUT2D eigenvalue weighted by atomic mass is 10.2. The number of ether oxygens (including phenoxy) is 1. The summed E-state index contributed by atoms with van der Waals surface area (Å²) in [6.07, 6.45) is 6.76. The van der Waals surface area contributed by atoms with E-state index in [-0.39, 0.29) is 0 Å². The first-order chi connectivity index (χ1) is 6.86. The van der Waals surface area contributed by atoms with Crippen LogP contribution in [0.15, 0.2) is 28.6 Å². The van der Waals surface area contributed by atoms with E-state index >= 15 is 0 Å². The van der Waals surface area contributed by atoms with Gasteiger partial charge < -0.3 is 9.26 Å². The average molecular weight is 195 g/mol. The molecule has 2 heterocycles. The zero-order chi connectivity index (χ0) is 10.2. The van der Waals surface area contributed by atoms with Crippen LogP contribution in [0.25, 0.3) is 0 Å². The molecule has 0 unspecified atom stereocenters. The Bertz CT molecular complexity index is 265. The molecule has 1 aromatic heterocycles. The maximum Gasteiger partial charge on any atom is 0.136 e. The van der Waals surface area contributed by atoms with Crippen LogP contribution < -0.4 is 0 Å². The van der Waals surface area contributed by atoms with Crippen LogP contribution in [0.1, 0.15) is 32.4 Å². The van der Waals surface area contributed by atoms with Gasteiger partial charge >= 0.3 is 0 Å². The van der Waals surface area contributed by atoms with E-state index < -0.39 is 0 Å². The van der Waals surface area contributed by atoms with Crippen molar-refractivity contribution >= 4 is 0 Å². The van der Waals surface area contributed by atoms with Crippen LogP contribution in [0.4, 0.5) is 0 Å². The Morgan fingerprint density at radius 2 is 2.21 bits per heavy atom. The Labute approximate surface area is 84.7 Å². The Morgan fingerprint density at radius 3 is 2.50 bits per heavy atom. The van der Waals surface area contributed by atoms with Gasteiger partial charge in [0.2, 0.25) is 0 Å². The molecule has 0 saturated carbocycles. The normalized spacial score (nSPS) is 14.0. The van der Waals surface area contributed by atoms with E-state index in [1.54, 1.807) is 6.20 Å². The minimum Gasteiger partial charge on any atom is -0.501 e. The summed E-state index contributed by atoms with van der Waals surface area (Å²) in [5.41, 5.74) is 1.44. The molecule has 0 radical (unpaired) electrons. The minimum absolute atomic E-state index is 0.906. The summed E-state index contributed by atoms with van der Waals surface area (Å²) in [6.45, 7) is 5.09. The van der Waals surface area contributed by atoms with Gasteiger partial charge in [-0.3, -0.25) is 0 Å². The fourth-order valence-corrected chi connectivity index (χ4v) is 1.11. The van der Waals surface area contributed by atoms with Crippen LogP contribution in [0.3, 0.4) is 0 Å². The van der Waals surface area contributed by atoms with Gasteiger partial charge in [0.25, 0.3) is 0 Å². The Kier molecular flexibility index (Phi) is 4.83. The third kappa shape index (κ3) is 3.64. The monoisotopic (exact) mass is 195 g/mol. The quantitative estimate of drug-likeness (QED) is 0.727. The molecular weight excluding hydrogens is 178 g/mol. The summed E-state index contributed by atoms with van der Waals surface area (Å²) < 4.78 is 9.72. The second-order valence-electron chi connectivity index (χ2n) is 3.08. The maximum atomic E-state index is 4.99. The van der Waals surface area contributed by atoms with Crippen molar-refractivity contribution < 1.29 is 9.26 Å². The summed E-state index contributed by atoms with van der Waals surface area (Å²) >= 11 is 0. The Balaban J connectivity index is 0.000000140. The van der Waals surface area contributed by atoms with E-state index in [1.807, 2.05) is 19.3 Å². The fourth-order valence-electron chi connectivity index (χ4n) is 1.11. The Hall–Kier alpha value is -1.25. The lowest BCUT2D eigenvalue weighted by molar-refractivity contribution is 0.281. The van der Waals surface area contributed by atoms with Gasteiger partial charge in [0.15, 0.2) is 0 Å². The molecule has 1 aromatic rings. The van der Waals surface area contributed by atoms with Crippen molar-refractivity contribution in [3.63, 3.8) is 0 Å². The first kappa shape index (κ1) is 10.8. The molecule has 1 aliphatic rings. The molecule has 3 heteroatoms. The first-order valence-electron chi connectivity index (χ1n) is 5.05. The molecule has 0 spiro atoms. The fraction of sp³-hybridized carbons (Fsp3) is 0.545. The lowest BCUT2D eigenvalue weighted by Gasteiger charge is -1.84. The van der Waals surface area contributed by atoms with Crippen molar-refractivity contribution in [2.75, 3.05) is 6.61 Å². The van der Waals surface area contributed by atoms with Gasteiger partial charge in [-0.05, 0) is 12.0 Å². The predicted molar refractivity (Wildman–Crippen MR) is 54.8 cm³/mol. The molecule has 0 fully saturated rings. The molecule has 2 rings (SSSR count). The van der Waals surface area contributed by atoms with Gasteiger partial charge in [-0.25, -0.2) is 0 Å². The van der Waals surface area contributed by atoms with Crippen LogP contribution in [0.2, 0.25) is 0 Å². The van der Waals surface area contributed by atoms with E-state index in [0.717, 1.165) is 31.6 Å². The van der Waals surface area contributed by atoms with Gasteiger partial charge in [0.1, 0.15) is 5.76 Å². The Morgan fingerprint density at radius 1 is 1.36 bits per heavy atom. The average Bonchev–Trinajstić information content (AvgIpc) is 2.92.